The summed E-state index contributed by atoms with van der Waals surface area (Å²) in [6.45, 7) is -0.144. The molecule has 0 amide bonds. The van der Waals surface area contributed by atoms with Crippen molar-refractivity contribution in [2.24, 2.45) is 0 Å². The van der Waals surface area contributed by atoms with Gasteiger partial charge in [0.15, 0.2) is 0 Å². The molecule has 1 aromatic rings. The maximum atomic E-state index is 10.4. The first-order valence-corrected chi connectivity index (χ1v) is 5.38. The number of aliphatic hydroxyl groups is 1. The molecule has 15 heavy (non-hydrogen) atoms. The van der Waals surface area contributed by atoms with Gasteiger partial charge in [0.2, 0.25) is 0 Å². The molecular formula is C8H10O6S. The van der Waals surface area contributed by atoms with Crippen LogP contribution in [-0.2, 0) is 16.8 Å². The summed E-state index contributed by atoms with van der Waals surface area (Å²) in [5.74, 6) is -0.416. The fraction of sp³-hybridized carbons (Fsp3) is 0.250. The lowest BCUT2D eigenvalue weighted by molar-refractivity contribution is 0.299. The van der Waals surface area contributed by atoms with Crippen LogP contribution in [0.4, 0.5) is 0 Å². The highest BCUT2D eigenvalue weighted by Crippen LogP contribution is 2.22. The maximum absolute atomic E-state index is 10.4. The molecule has 1 aromatic carbocycles. The third kappa shape index (κ3) is 4.15. The molecule has 6 nitrogen and oxygen atoms in total. The van der Waals surface area contributed by atoms with Crippen molar-refractivity contribution in [2.75, 3.05) is 6.61 Å². The molecule has 0 saturated heterocycles. The van der Waals surface area contributed by atoms with Crippen LogP contribution < -0.4 is 4.18 Å². The van der Waals surface area contributed by atoms with E-state index in [4.69, 9.17) is 9.66 Å². The first-order valence-electron chi connectivity index (χ1n) is 4.01. The largest absolute Gasteiger partial charge is 0.508 e. The number of rotatable bonds is 4. The molecule has 0 unspecified atom stereocenters. The van der Waals surface area contributed by atoms with Crippen molar-refractivity contribution in [1.82, 2.24) is 0 Å². The van der Waals surface area contributed by atoms with E-state index in [1.165, 1.54) is 12.1 Å². The summed E-state index contributed by atoms with van der Waals surface area (Å²) < 4.78 is 33.3. The number of aliphatic hydroxyl groups excluding tert-OH is 1. The van der Waals surface area contributed by atoms with Crippen LogP contribution in [0.1, 0.15) is 5.56 Å². The lowest BCUT2D eigenvalue weighted by atomic mass is 10.1. The van der Waals surface area contributed by atoms with Crippen LogP contribution in [0.15, 0.2) is 18.2 Å². The summed E-state index contributed by atoms with van der Waals surface area (Å²) in [5, 5.41) is 17.8. The number of hydrogen-bond acceptors (Lipinski definition) is 5. The maximum Gasteiger partial charge on any atom is 0.446 e. The average molecular weight is 234 g/mol. The molecule has 0 fully saturated rings. The Balaban J connectivity index is 2.98. The summed E-state index contributed by atoms with van der Waals surface area (Å²) in [5.41, 5.74) is 0.496. The highest BCUT2D eigenvalue weighted by molar-refractivity contribution is 7.81. The summed E-state index contributed by atoms with van der Waals surface area (Å²) in [6, 6.07) is 3.69. The van der Waals surface area contributed by atoms with Gasteiger partial charge < -0.3 is 14.4 Å². The van der Waals surface area contributed by atoms with Crippen molar-refractivity contribution >= 4 is 10.4 Å². The van der Waals surface area contributed by atoms with Crippen molar-refractivity contribution in [3.05, 3.63) is 23.8 Å². The number of hydrogen-bond donors (Lipinski definition) is 3. The Bertz CT molecular complexity index is 438. The zero-order chi connectivity index (χ0) is 11.5. The minimum atomic E-state index is -4.60. The second-order valence-electron chi connectivity index (χ2n) is 2.82. The number of aromatic hydroxyl groups is 1. The molecule has 0 aliphatic carbocycles. The molecule has 7 heteroatoms. The molecular weight excluding hydrogens is 224 g/mol. The Kier molecular flexibility index (Phi) is 3.51. The Morgan fingerprint density at radius 2 is 1.93 bits per heavy atom. The summed E-state index contributed by atoms with van der Waals surface area (Å²) in [6.07, 6.45) is 0.246. The van der Waals surface area contributed by atoms with Crippen LogP contribution in [0.3, 0.4) is 0 Å². The first-order chi connectivity index (χ1) is 6.90. The average Bonchev–Trinajstić information content (AvgIpc) is 1.99. The molecule has 0 heterocycles. The van der Waals surface area contributed by atoms with Crippen LogP contribution in [0.2, 0.25) is 0 Å². The topological polar surface area (TPSA) is 104 Å². The second kappa shape index (κ2) is 4.47. The molecule has 0 bridgehead atoms. The van der Waals surface area contributed by atoms with E-state index in [0.29, 0.717) is 5.56 Å². The van der Waals surface area contributed by atoms with E-state index in [-0.39, 0.29) is 24.5 Å². The third-order valence-electron chi connectivity index (χ3n) is 1.55. The first kappa shape index (κ1) is 11.8. The number of phenols is 1. The van der Waals surface area contributed by atoms with E-state index in [2.05, 4.69) is 4.18 Å². The summed E-state index contributed by atoms with van der Waals surface area (Å²) >= 11 is 0. The Morgan fingerprint density at radius 1 is 1.27 bits per heavy atom. The second-order valence-corrected chi connectivity index (χ2v) is 3.84. The van der Waals surface area contributed by atoms with Gasteiger partial charge in [0, 0.05) is 12.7 Å². The molecule has 0 saturated carbocycles. The molecule has 84 valence electrons. The lowest BCUT2D eigenvalue weighted by Crippen LogP contribution is -2.06. The Labute approximate surface area is 86.7 Å². The van der Waals surface area contributed by atoms with Gasteiger partial charge in [0.25, 0.3) is 0 Å². The van der Waals surface area contributed by atoms with Crippen molar-refractivity contribution in [2.45, 2.75) is 6.42 Å². The fourth-order valence-corrected chi connectivity index (χ4v) is 1.43. The molecule has 0 radical (unpaired) electrons. The van der Waals surface area contributed by atoms with Gasteiger partial charge in [-0.25, -0.2) is 0 Å². The lowest BCUT2D eigenvalue weighted by Gasteiger charge is -2.05. The monoisotopic (exact) mass is 234 g/mol. The molecule has 0 aliphatic heterocycles. The zero-order valence-corrected chi connectivity index (χ0v) is 8.44. The van der Waals surface area contributed by atoms with Gasteiger partial charge in [-0.1, -0.05) is 0 Å². The van der Waals surface area contributed by atoms with E-state index in [1.807, 2.05) is 0 Å². The standard InChI is InChI=1S/C8H10O6S/c9-2-1-6-3-7(10)5-8(4-6)14-15(11,12)13/h3-5,9-10H,1-2H2,(H,11,12,13). The molecule has 0 aliphatic rings. The van der Waals surface area contributed by atoms with Gasteiger partial charge in [-0.3, -0.25) is 4.55 Å². The predicted molar refractivity (Wildman–Crippen MR) is 51.1 cm³/mol. The number of phenolic OH excluding ortho intramolecular Hbond substituents is 1. The van der Waals surface area contributed by atoms with E-state index in [9.17, 15) is 13.5 Å². The quantitative estimate of drug-likeness (QED) is 0.639. The predicted octanol–water partition coefficient (Wildman–Crippen LogP) is 0.109. The van der Waals surface area contributed by atoms with Gasteiger partial charge in [0.05, 0.1) is 0 Å². The normalized spacial score (nSPS) is 11.3. The van der Waals surface area contributed by atoms with Crippen LogP contribution in [-0.4, -0.2) is 29.8 Å². The highest BCUT2D eigenvalue weighted by atomic mass is 32.3. The zero-order valence-electron chi connectivity index (χ0n) is 7.62. The Hall–Kier alpha value is -1.31. The van der Waals surface area contributed by atoms with E-state index >= 15 is 0 Å². The minimum absolute atomic E-state index is 0.144. The molecule has 3 N–H and O–H groups in total. The highest BCUT2D eigenvalue weighted by Gasteiger charge is 2.08. The van der Waals surface area contributed by atoms with Gasteiger partial charge in [-0.15, -0.1) is 0 Å². The van der Waals surface area contributed by atoms with E-state index < -0.39 is 10.4 Å². The van der Waals surface area contributed by atoms with Crippen LogP contribution in [0.25, 0.3) is 0 Å². The molecule has 1 rings (SSSR count). The van der Waals surface area contributed by atoms with Gasteiger partial charge in [-0.05, 0) is 24.1 Å². The summed E-state index contributed by atoms with van der Waals surface area (Å²) in [4.78, 5) is 0. The van der Waals surface area contributed by atoms with Crippen LogP contribution in [0.5, 0.6) is 11.5 Å². The molecule has 0 atom stereocenters. The fourth-order valence-electron chi connectivity index (χ4n) is 1.09. The van der Waals surface area contributed by atoms with Crippen molar-refractivity contribution < 1.29 is 27.4 Å². The van der Waals surface area contributed by atoms with Gasteiger partial charge in [0.1, 0.15) is 11.5 Å². The molecule has 0 aromatic heterocycles. The van der Waals surface area contributed by atoms with Crippen molar-refractivity contribution in [3.63, 3.8) is 0 Å². The SMILES string of the molecule is O=S(=O)(O)Oc1cc(O)cc(CCO)c1. The minimum Gasteiger partial charge on any atom is -0.508 e. The third-order valence-corrected chi connectivity index (χ3v) is 1.96. The van der Waals surface area contributed by atoms with Gasteiger partial charge >= 0.3 is 10.4 Å². The van der Waals surface area contributed by atoms with E-state index in [1.54, 1.807) is 0 Å². The van der Waals surface area contributed by atoms with Crippen LogP contribution in [0, 0.1) is 0 Å². The van der Waals surface area contributed by atoms with Crippen molar-refractivity contribution in [1.29, 1.82) is 0 Å². The van der Waals surface area contributed by atoms with E-state index in [0.717, 1.165) is 6.07 Å². The van der Waals surface area contributed by atoms with Crippen molar-refractivity contribution in [3.8, 4) is 11.5 Å². The van der Waals surface area contributed by atoms with Gasteiger partial charge in [-0.2, -0.15) is 8.42 Å². The smallest absolute Gasteiger partial charge is 0.446 e. The van der Waals surface area contributed by atoms with Crippen LogP contribution >= 0.6 is 0 Å². The Morgan fingerprint density at radius 3 is 2.47 bits per heavy atom. The summed E-state index contributed by atoms with van der Waals surface area (Å²) in [7, 11) is -4.60. The molecule has 0 spiro atoms. The number of benzene rings is 1.